The molecule has 1 rings (SSSR count). The van der Waals surface area contributed by atoms with Crippen LogP contribution >= 0.6 is 0 Å². The predicted molar refractivity (Wildman–Crippen MR) is 68.3 cm³/mol. The smallest absolute Gasteiger partial charge is 0.387 e. The molecule has 0 saturated heterocycles. The number of benzene rings is 1. The molecule has 6 heteroatoms. The maximum atomic E-state index is 11.9. The van der Waals surface area contributed by atoms with Gasteiger partial charge in [0.05, 0.1) is 0 Å². The topological polar surface area (TPSA) is 64.3 Å². The zero-order valence-corrected chi connectivity index (χ0v) is 10.7. The summed E-state index contributed by atoms with van der Waals surface area (Å²) in [5.41, 5.74) is 6.15. The minimum atomic E-state index is -2.87. The fraction of sp³-hybridized carbons (Fsp3) is 0.462. The van der Waals surface area contributed by atoms with Crippen molar-refractivity contribution in [3.63, 3.8) is 0 Å². The van der Waals surface area contributed by atoms with Gasteiger partial charge in [-0.05, 0) is 30.7 Å². The molecule has 0 bridgehead atoms. The zero-order chi connectivity index (χ0) is 14.3. The number of halogens is 2. The van der Waals surface area contributed by atoms with Crippen molar-refractivity contribution in [3.8, 4) is 5.75 Å². The summed E-state index contributed by atoms with van der Waals surface area (Å²) in [6, 6.07) is 5.44. The minimum absolute atomic E-state index is 0.0224. The molecule has 4 nitrogen and oxygen atoms in total. The molecule has 1 aromatic rings. The molecule has 0 spiro atoms. The average Bonchev–Trinajstić information content (AvgIpc) is 2.36. The van der Waals surface area contributed by atoms with Crippen LogP contribution in [-0.4, -0.2) is 25.1 Å². The van der Waals surface area contributed by atoms with E-state index < -0.39 is 6.61 Å². The van der Waals surface area contributed by atoms with E-state index in [0.717, 1.165) is 12.8 Å². The van der Waals surface area contributed by atoms with Gasteiger partial charge in [0, 0.05) is 18.2 Å². The summed E-state index contributed by atoms with van der Waals surface area (Å²) in [4.78, 5) is 11.7. The molecule has 0 radical (unpaired) electrons. The lowest BCUT2D eigenvalue weighted by molar-refractivity contribution is -0.0498. The van der Waals surface area contributed by atoms with Gasteiger partial charge in [0.2, 0.25) is 0 Å². The Morgan fingerprint density at radius 3 is 2.53 bits per heavy atom. The van der Waals surface area contributed by atoms with E-state index in [9.17, 15) is 13.6 Å². The van der Waals surface area contributed by atoms with Crippen molar-refractivity contribution >= 4 is 5.91 Å². The number of carbonyl (C=O) groups excluding carboxylic acids is 1. The molecule has 1 amide bonds. The van der Waals surface area contributed by atoms with E-state index in [1.165, 1.54) is 24.3 Å². The van der Waals surface area contributed by atoms with Crippen molar-refractivity contribution in [1.29, 1.82) is 0 Å². The maximum absolute atomic E-state index is 11.9. The van der Waals surface area contributed by atoms with E-state index in [4.69, 9.17) is 5.73 Å². The van der Waals surface area contributed by atoms with Crippen LogP contribution in [0.5, 0.6) is 5.75 Å². The molecule has 0 aliphatic rings. The molecule has 3 N–H and O–H groups in total. The molecule has 0 aliphatic heterocycles. The monoisotopic (exact) mass is 272 g/mol. The molecule has 1 atom stereocenters. The molecular weight excluding hydrogens is 254 g/mol. The number of nitrogens with two attached hydrogens (primary N) is 1. The van der Waals surface area contributed by atoms with Crippen LogP contribution < -0.4 is 15.8 Å². The van der Waals surface area contributed by atoms with Gasteiger partial charge in [-0.2, -0.15) is 8.78 Å². The van der Waals surface area contributed by atoms with Gasteiger partial charge in [-0.25, -0.2) is 0 Å². The van der Waals surface area contributed by atoms with Gasteiger partial charge in [-0.3, -0.25) is 4.79 Å². The number of alkyl halides is 2. The van der Waals surface area contributed by atoms with Crippen molar-refractivity contribution < 1.29 is 18.3 Å². The zero-order valence-electron chi connectivity index (χ0n) is 10.7. The Kier molecular flexibility index (Phi) is 6.21. The van der Waals surface area contributed by atoms with Gasteiger partial charge < -0.3 is 15.8 Å². The lowest BCUT2D eigenvalue weighted by Crippen LogP contribution is -2.37. The van der Waals surface area contributed by atoms with Crippen LogP contribution in [-0.2, 0) is 0 Å². The molecule has 19 heavy (non-hydrogen) atoms. The number of hydrogen-bond donors (Lipinski definition) is 2. The lowest BCUT2D eigenvalue weighted by atomic mass is 10.1. The number of rotatable bonds is 7. The van der Waals surface area contributed by atoms with Crippen LogP contribution in [0.15, 0.2) is 24.3 Å². The van der Waals surface area contributed by atoms with Gasteiger partial charge in [-0.15, -0.1) is 0 Å². The minimum Gasteiger partial charge on any atom is -0.435 e. The van der Waals surface area contributed by atoms with Crippen LogP contribution in [0.25, 0.3) is 0 Å². The summed E-state index contributed by atoms with van der Waals surface area (Å²) in [6.07, 6.45) is 1.79. The van der Waals surface area contributed by atoms with Gasteiger partial charge >= 0.3 is 6.61 Å². The predicted octanol–water partition coefficient (Wildman–Crippen LogP) is 2.15. The normalized spacial score (nSPS) is 12.3. The summed E-state index contributed by atoms with van der Waals surface area (Å²) >= 11 is 0. The fourth-order valence-corrected chi connectivity index (χ4v) is 1.59. The second-order valence-corrected chi connectivity index (χ2v) is 4.16. The molecule has 0 aromatic heterocycles. The van der Waals surface area contributed by atoms with E-state index in [2.05, 4.69) is 10.1 Å². The molecule has 1 unspecified atom stereocenters. The standard InChI is InChI=1S/C13H18F2N2O2/c1-2-3-10(16)8-17-12(18)9-4-6-11(7-5-9)19-13(14)15/h4-7,10,13H,2-3,8,16H2,1H3,(H,17,18). The molecule has 0 fully saturated rings. The van der Waals surface area contributed by atoms with Crippen molar-refractivity contribution in [1.82, 2.24) is 5.32 Å². The molecule has 106 valence electrons. The number of nitrogens with one attached hydrogen (secondary N) is 1. The molecule has 0 saturated carbocycles. The quantitative estimate of drug-likeness (QED) is 0.799. The molecule has 1 aromatic carbocycles. The first-order valence-electron chi connectivity index (χ1n) is 6.11. The lowest BCUT2D eigenvalue weighted by Gasteiger charge is -2.11. The first-order valence-corrected chi connectivity index (χ1v) is 6.11. The Morgan fingerprint density at radius 2 is 2.00 bits per heavy atom. The van der Waals surface area contributed by atoms with E-state index in [1.807, 2.05) is 6.92 Å². The Hall–Kier alpha value is -1.69. The highest BCUT2D eigenvalue weighted by atomic mass is 19.3. The Morgan fingerprint density at radius 1 is 1.37 bits per heavy atom. The second-order valence-electron chi connectivity index (χ2n) is 4.16. The average molecular weight is 272 g/mol. The molecule has 0 aliphatic carbocycles. The van der Waals surface area contributed by atoms with Gasteiger partial charge in [-0.1, -0.05) is 13.3 Å². The summed E-state index contributed by atoms with van der Waals surface area (Å²) < 4.78 is 28.1. The maximum Gasteiger partial charge on any atom is 0.387 e. The Bertz CT molecular complexity index is 396. The highest BCUT2D eigenvalue weighted by molar-refractivity contribution is 5.94. The van der Waals surface area contributed by atoms with Crippen LogP contribution in [0.2, 0.25) is 0 Å². The second kappa shape index (κ2) is 7.68. The van der Waals surface area contributed by atoms with Crippen molar-refractivity contribution in [3.05, 3.63) is 29.8 Å². The summed E-state index contributed by atoms with van der Waals surface area (Å²) in [5.74, 6) is -0.260. The van der Waals surface area contributed by atoms with E-state index >= 15 is 0 Å². The first kappa shape index (κ1) is 15.4. The SMILES string of the molecule is CCCC(N)CNC(=O)c1ccc(OC(F)F)cc1. The van der Waals surface area contributed by atoms with Gasteiger partial charge in [0.25, 0.3) is 5.91 Å². The largest absolute Gasteiger partial charge is 0.435 e. The number of hydrogen-bond acceptors (Lipinski definition) is 3. The van der Waals surface area contributed by atoms with Crippen LogP contribution in [0.1, 0.15) is 30.1 Å². The van der Waals surface area contributed by atoms with Crippen molar-refractivity contribution in [2.45, 2.75) is 32.4 Å². The molecular formula is C13H18F2N2O2. The van der Waals surface area contributed by atoms with Gasteiger partial charge in [0.1, 0.15) is 5.75 Å². The number of amides is 1. The van der Waals surface area contributed by atoms with E-state index in [0.29, 0.717) is 12.1 Å². The van der Waals surface area contributed by atoms with E-state index in [-0.39, 0.29) is 17.7 Å². The highest BCUT2D eigenvalue weighted by Crippen LogP contribution is 2.14. The summed E-state index contributed by atoms with van der Waals surface area (Å²) in [7, 11) is 0. The number of ether oxygens (including phenoxy) is 1. The van der Waals surface area contributed by atoms with Crippen molar-refractivity contribution in [2.24, 2.45) is 5.73 Å². The third kappa shape index (κ3) is 5.65. The summed E-state index contributed by atoms with van der Waals surface area (Å²) in [6.45, 7) is -0.461. The van der Waals surface area contributed by atoms with Crippen LogP contribution in [0.4, 0.5) is 8.78 Å². The van der Waals surface area contributed by atoms with Crippen LogP contribution in [0.3, 0.4) is 0 Å². The third-order valence-electron chi connectivity index (χ3n) is 2.53. The Labute approximate surface area is 110 Å². The first-order chi connectivity index (χ1) is 9.02. The molecule has 0 heterocycles. The summed E-state index contributed by atoms with van der Waals surface area (Å²) in [5, 5.41) is 2.69. The Balaban J connectivity index is 2.48. The van der Waals surface area contributed by atoms with Crippen molar-refractivity contribution in [2.75, 3.05) is 6.54 Å². The number of carbonyl (C=O) groups is 1. The highest BCUT2D eigenvalue weighted by Gasteiger charge is 2.09. The van der Waals surface area contributed by atoms with Gasteiger partial charge in [0.15, 0.2) is 0 Å². The van der Waals surface area contributed by atoms with Crippen LogP contribution in [0, 0.1) is 0 Å². The fourth-order valence-electron chi connectivity index (χ4n) is 1.59. The third-order valence-corrected chi connectivity index (χ3v) is 2.53. The van der Waals surface area contributed by atoms with E-state index in [1.54, 1.807) is 0 Å².